The fraction of sp³-hybridized carbons (Fsp3) is 0.562. The summed E-state index contributed by atoms with van der Waals surface area (Å²) in [4.78, 5) is 6.85. The summed E-state index contributed by atoms with van der Waals surface area (Å²) in [6.07, 6.45) is 1.10. The average molecular weight is 404 g/mol. The van der Waals surface area contributed by atoms with Gasteiger partial charge in [0, 0.05) is 19.6 Å². The smallest absolute Gasteiger partial charge is 0.191 e. The van der Waals surface area contributed by atoms with Crippen LogP contribution in [0.5, 0.6) is 0 Å². The van der Waals surface area contributed by atoms with Crippen LogP contribution in [0.4, 0.5) is 0 Å². The van der Waals surface area contributed by atoms with Crippen molar-refractivity contribution >= 4 is 29.9 Å². The Morgan fingerprint density at radius 2 is 1.76 bits per heavy atom. The Morgan fingerprint density at radius 3 is 2.33 bits per heavy atom. The fourth-order valence-electron chi connectivity index (χ4n) is 1.96. The van der Waals surface area contributed by atoms with Crippen LogP contribution in [0, 0.1) is 0 Å². The molecule has 1 aromatic carbocycles. The van der Waals surface area contributed by atoms with Gasteiger partial charge in [0.15, 0.2) is 5.96 Å². The molecule has 2 N–H and O–H groups in total. The first-order valence-corrected chi connectivity index (χ1v) is 7.41. The average Bonchev–Trinajstić information content (AvgIpc) is 2.42. The van der Waals surface area contributed by atoms with Crippen molar-refractivity contribution in [3.63, 3.8) is 0 Å². The van der Waals surface area contributed by atoms with E-state index in [-0.39, 0.29) is 24.0 Å². The maximum Gasteiger partial charge on any atom is 0.191 e. The van der Waals surface area contributed by atoms with Crippen LogP contribution in [-0.2, 0) is 13.1 Å². The summed E-state index contributed by atoms with van der Waals surface area (Å²) in [6, 6.07) is 8.51. The largest absolute Gasteiger partial charge is 0.357 e. The second-order valence-electron chi connectivity index (χ2n) is 5.13. The second kappa shape index (κ2) is 11.8. The summed E-state index contributed by atoms with van der Waals surface area (Å²) in [5, 5.41) is 6.61. The first-order chi connectivity index (χ1) is 9.67. The van der Waals surface area contributed by atoms with Crippen molar-refractivity contribution in [3.8, 4) is 0 Å². The molecule has 0 amide bonds. The molecule has 0 aliphatic carbocycles. The molecule has 0 spiro atoms. The number of guanidine groups is 1. The monoisotopic (exact) mass is 404 g/mol. The SMILES string of the molecule is CCCNC(=NCc1ccccc1CN(C)C)NCC.I. The molecule has 0 radical (unpaired) electrons. The van der Waals surface area contributed by atoms with Gasteiger partial charge < -0.3 is 15.5 Å². The van der Waals surface area contributed by atoms with Gasteiger partial charge in [0.05, 0.1) is 6.54 Å². The highest BCUT2D eigenvalue weighted by molar-refractivity contribution is 14.0. The molecule has 1 aromatic rings. The van der Waals surface area contributed by atoms with Gasteiger partial charge in [0.2, 0.25) is 0 Å². The van der Waals surface area contributed by atoms with Crippen molar-refractivity contribution in [2.24, 2.45) is 4.99 Å². The summed E-state index contributed by atoms with van der Waals surface area (Å²) >= 11 is 0. The molecule has 0 unspecified atom stereocenters. The number of nitrogens with zero attached hydrogens (tertiary/aromatic N) is 2. The van der Waals surface area contributed by atoms with Crippen LogP contribution in [-0.4, -0.2) is 38.0 Å². The third-order valence-corrected chi connectivity index (χ3v) is 2.90. The molecule has 1 rings (SSSR count). The van der Waals surface area contributed by atoms with E-state index in [1.54, 1.807) is 0 Å². The minimum Gasteiger partial charge on any atom is -0.357 e. The first-order valence-electron chi connectivity index (χ1n) is 7.41. The molecular formula is C16H29IN4. The van der Waals surface area contributed by atoms with Crippen LogP contribution in [0.2, 0.25) is 0 Å². The lowest BCUT2D eigenvalue weighted by atomic mass is 10.1. The zero-order chi connectivity index (χ0) is 14.8. The summed E-state index contributed by atoms with van der Waals surface area (Å²) in [6.45, 7) is 7.74. The lowest BCUT2D eigenvalue weighted by Crippen LogP contribution is -2.37. The molecule has 0 saturated heterocycles. The molecular weight excluding hydrogens is 375 g/mol. The summed E-state index contributed by atoms with van der Waals surface area (Å²) in [5.41, 5.74) is 2.63. The van der Waals surface area contributed by atoms with E-state index in [0.29, 0.717) is 6.54 Å². The normalized spacial score (nSPS) is 11.2. The van der Waals surface area contributed by atoms with Gasteiger partial charge in [0.25, 0.3) is 0 Å². The van der Waals surface area contributed by atoms with E-state index in [1.165, 1.54) is 11.1 Å². The maximum absolute atomic E-state index is 4.67. The van der Waals surface area contributed by atoms with E-state index in [1.807, 2.05) is 0 Å². The number of nitrogens with one attached hydrogen (secondary N) is 2. The number of hydrogen-bond acceptors (Lipinski definition) is 2. The second-order valence-corrected chi connectivity index (χ2v) is 5.13. The molecule has 0 fully saturated rings. The highest BCUT2D eigenvalue weighted by Gasteiger charge is 2.03. The van der Waals surface area contributed by atoms with Crippen molar-refractivity contribution in [1.82, 2.24) is 15.5 Å². The third-order valence-electron chi connectivity index (χ3n) is 2.90. The van der Waals surface area contributed by atoms with Gasteiger partial charge >= 0.3 is 0 Å². The van der Waals surface area contributed by atoms with Gasteiger partial charge in [-0.15, -0.1) is 24.0 Å². The summed E-state index contributed by atoms with van der Waals surface area (Å²) in [7, 11) is 4.18. The minimum absolute atomic E-state index is 0. The standard InChI is InChI=1S/C16H28N4.HI/c1-5-11-18-16(17-6-2)19-12-14-9-7-8-10-15(14)13-20(3)4;/h7-10H,5-6,11-13H2,1-4H3,(H2,17,18,19);1H. The Kier molecular flexibility index (Phi) is 11.3. The molecule has 0 bridgehead atoms. The molecule has 120 valence electrons. The predicted molar refractivity (Wildman–Crippen MR) is 102 cm³/mol. The number of halogens is 1. The Morgan fingerprint density at radius 1 is 1.10 bits per heavy atom. The fourth-order valence-corrected chi connectivity index (χ4v) is 1.96. The van der Waals surface area contributed by atoms with E-state index in [0.717, 1.165) is 32.0 Å². The van der Waals surface area contributed by atoms with Crippen LogP contribution in [0.3, 0.4) is 0 Å². The summed E-state index contributed by atoms with van der Waals surface area (Å²) in [5.74, 6) is 0.897. The van der Waals surface area contributed by atoms with E-state index in [2.05, 4.69) is 72.7 Å². The van der Waals surface area contributed by atoms with Gasteiger partial charge in [-0.05, 0) is 38.6 Å². The van der Waals surface area contributed by atoms with Crippen LogP contribution < -0.4 is 10.6 Å². The molecule has 0 saturated carbocycles. The molecule has 4 nitrogen and oxygen atoms in total. The topological polar surface area (TPSA) is 39.7 Å². The molecule has 0 atom stereocenters. The van der Waals surface area contributed by atoms with Gasteiger partial charge in [-0.25, -0.2) is 4.99 Å². The van der Waals surface area contributed by atoms with Crippen molar-refractivity contribution < 1.29 is 0 Å². The Bertz CT molecular complexity index is 418. The van der Waals surface area contributed by atoms with E-state index < -0.39 is 0 Å². The Labute approximate surface area is 146 Å². The van der Waals surface area contributed by atoms with Gasteiger partial charge in [-0.2, -0.15) is 0 Å². The lowest BCUT2D eigenvalue weighted by molar-refractivity contribution is 0.401. The van der Waals surface area contributed by atoms with Crippen molar-refractivity contribution in [1.29, 1.82) is 0 Å². The van der Waals surface area contributed by atoms with Crippen molar-refractivity contribution in [2.45, 2.75) is 33.4 Å². The molecule has 5 heteroatoms. The number of aliphatic imine (C=N–C) groups is 1. The number of hydrogen-bond donors (Lipinski definition) is 2. The Hall–Kier alpha value is -0.820. The van der Waals surface area contributed by atoms with E-state index in [4.69, 9.17) is 0 Å². The molecule has 0 aliphatic heterocycles. The van der Waals surface area contributed by atoms with Crippen LogP contribution in [0.1, 0.15) is 31.4 Å². The van der Waals surface area contributed by atoms with Crippen molar-refractivity contribution in [2.75, 3.05) is 27.2 Å². The van der Waals surface area contributed by atoms with Gasteiger partial charge in [0.1, 0.15) is 0 Å². The highest BCUT2D eigenvalue weighted by Crippen LogP contribution is 2.11. The first kappa shape index (κ1) is 20.2. The number of benzene rings is 1. The summed E-state index contributed by atoms with van der Waals surface area (Å²) < 4.78 is 0. The van der Waals surface area contributed by atoms with Crippen molar-refractivity contribution in [3.05, 3.63) is 35.4 Å². The van der Waals surface area contributed by atoms with Crippen LogP contribution in [0.25, 0.3) is 0 Å². The van der Waals surface area contributed by atoms with Crippen LogP contribution in [0.15, 0.2) is 29.3 Å². The molecule has 0 aromatic heterocycles. The highest BCUT2D eigenvalue weighted by atomic mass is 127. The van der Waals surface area contributed by atoms with E-state index >= 15 is 0 Å². The molecule has 21 heavy (non-hydrogen) atoms. The van der Waals surface area contributed by atoms with Crippen LogP contribution >= 0.6 is 24.0 Å². The zero-order valence-electron chi connectivity index (χ0n) is 13.6. The van der Waals surface area contributed by atoms with Gasteiger partial charge in [-0.3, -0.25) is 0 Å². The van der Waals surface area contributed by atoms with E-state index in [9.17, 15) is 0 Å². The zero-order valence-corrected chi connectivity index (χ0v) is 16.0. The third kappa shape index (κ3) is 8.26. The van der Waals surface area contributed by atoms with Gasteiger partial charge in [-0.1, -0.05) is 31.2 Å². The quantitative estimate of drug-likeness (QED) is 0.417. The predicted octanol–water partition coefficient (Wildman–Crippen LogP) is 2.83. The number of rotatable bonds is 7. The molecule has 0 aliphatic rings. The molecule has 0 heterocycles. The Balaban J connectivity index is 0.00000400. The lowest BCUT2D eigenvalue weighted by Gasteiger charge is -2.14. The maximum atomic E-state index is 4.67. The minimum atomic E-state index is 0.